The predicted molar refractivity (Wildman–Crippen MR) is 141 cm³/mol. The Balaban J connectivity index is 1.43. The summed E-state index contributed by atoms with van der Waals surface area (Å²) in [6, 6.07) is 17.2. The lowest BCUT2D eigenvalue weighted by molar-refractivity contribution is -0.121. The van der Waals surface area contributed by atoms with Gasteiger partial charge in [-0.15, -0.1) is 0 Å². The van der Waals surface area contributed by atoms with E-state index in [1.165, 1.54) is 36.4 Å². The van der Waals surface area contributed by atoms with Gasteiger partial charge in [0, 0.05) is 19.4 Å². The summed E-state index contributed by atoms with van der Waals surface area (Å²) in [6.07, 6.45) is 0.787. The van der Waals surface area contributed by atoms with Gasteiger partial charge in [0.1, 0.15) is 0 Å². The summed E-state index contributed by atoms with van der Waals surface area (Å²) in [4.78, 5) is 37.8. The number of methoxy groups -OCH3 is 2. The van der Waals surface area contributed by atoms with E-state index >= 15 is 0 Å². The number of anilines is 2. The van der Waals surface area contributed by atoms with E-state index in [1.807, 2.05) is 12.1 Å². The molecule has 1 aliphatic rings. The molecule has 1 heterocycles. The van der Waals surface area contributed by atoms with Crippen LogP contribution in [0.1, 0.15) is 28.8 Å². The van der Waals surface area contributed by atoms with Crippen LogP contribution in [0.25, 0.3) is 0 Å². The van der Waals surface area contributed by atoms with Crippen molar-refractivity contribution in [2.45, 2.75) is 24.2 Å². The summed E-state index contributed by atoms with van der Waals surface area (Å²) < 4.78 is 39.1. The van der Waals surface area contributed by atoms with Crippen LogP contribution in [0.4, 0.5) is 11.4 Å². The number of benzene rings is 3. The van der Waals surface area contributed by atoms with E-state index in [1.54, 1.807) is 32.4 Å². The van der Waals surface area contributed by atoms with Gasteiger partial charge in [0.05, 0.1) is 36.1 Å². The van der Waals surface area contributed by atoms with E-state index in [0.29, 0.717) is 30.2 Å². The van der Waals surface area contributed by atoms with Crippen molar-refractivity contribution in [3.05, 3.63) is 77.9 Å². The van der Waals surface area contributed by atoms with Crippen molar-refractivity contribution in [3.63, 3.8) is 0 Å². The minimum Gasteiger partial charge on any atom is -0.493 e. The fourth-order valence-electron chi connectivity index (χ4n) is 4.06. The van der Waals surface area contributed by atoms with Gasteiger partial charge in [-0.05, 0) is 60.5 Å². The second-order valence-electron chi connectivity index (χ2n) is 8.46. The third kappa shape index (κ3) is 5.78. The fourth-order valence-corrected chi connectivity index (χ4v) is 5.14. The second-order valence-corrected chi connectivity index (χ2v) is 10.1. The number of para-hydroxylation sites is 1. The minimum absolute atomic E-state index is 0.0796. The third-order valence-electron chi connectivity index (χ3n) is 6.02. The largest absolute Gasteiger partial charge is 0.493 e. The molecule has 1 aliphatic heterocycles. The molecule has 0 unspecified atom stereocenters. The average Bonchev–Trinajstić information content (AvgIpc) is 3.26. The van der Waals surface area contributed by atoms with Crippen molar-refractivity contribution < 1.29 is 32.3 Å². The molecular formula is C27H27N3O7S. The first-order chi connectivity index (χ1) is 18.2. The van der Waals surface area contributed by atoms with Gasteiger partial charge in [0.15, 0.2) is 11.5 Å². The predicted octanol–water partition coefficient (Wildman–Crippen LogP) is 3.13. The number of ether oxygens (including phenoxy) is 2. The summed E-state index contributed by atoms with van der Waals surface area (Å²) in [5, 5.41) is 2.81. The van der Waals surface area contributed by atoms with Gasteiger partial charge < -0.3 is 14.8 Å². The number of sulfonamides is 1. The zero-order chi connectivity index (χ0) is 27.3. The molecule has 0 saturated carbocycles. The maximum Gasteiger partial charge on any atom is 0.261 e. The topological polar surface area (TPSA) is 131 Å². The number of hydrogen-bond acceptors (Lipinski definition) is 7. The molecule has 3 aromatic carbocycles. The third-order valence-corrected chi connectivity index (χ3v) is 7.40. The highest BCUT2D eigenvalue weighted by Gasteiger charge is 2.30. The molecule has 11 heteroatoms. The molecule has 1 fully saturated rings. The molecule has 38 heavy (non-hydrogen) atoms. The highest BCUT2D eigenvalue weighted by molar-refractivity contribution is 7.92. The Bertz CT molecular complexity index is 1450. The second kappa shape index (κ2) is 11.3. The Morgan fingerprint density at radius 3 is 2.21 bits per heavy atom. The smallest absolute Gasteiger partial charge is 0.261 e. The van der Waals surface area contributed by atoms with Gasteiger partial charge in [-0.3, -0.25) is 24.0 Å². The molecule has 3 aromatic rings. The molecule has 0 radical (unpaired) electrons. The summed E-state index contributed by atoms with van der Waals surface area (Å²) in [5.74, 6) is 0.103. The molecule has 10 nitrogen and oxygen atoms in total. The highest BCUT2D eigenvalue weighted by atomic mass is 32.2. The van der Waals surface area contributed by atoms with Gasteiger partial charge in [-0.2, -0.15) is 0 Å². The molecule has 198 valence electrons. The first-order valence-corrected chi connectivity index (χ1v) is 13.3. The van der Waals surface area contributed by atoms with Crippen LogP contribution in [0.2, 0.25) is 0 Å². The van der Waals surface area contributed by atoms with Crippen molar-refractivity contribution in [1.29, 1.82) is 0 Å². The van der Waals surface area contributed by atoms with Crippen molar-refractivity contribution in [2.75, 3.05) is 30.4 Å². The quantitative estimate of drug-likeness (QED) is 0.380. The highest BCUT2D eigenvalue weighted by Crippen LogP contribution is 2.28. The van der Waals surface area contributed by atoms with Crippen LogP contribution in [0.15, 0.2) is 71.6 Å². The minimum atomic E-state index is -4.06. The van der Waals surface area contributed by atoms with Crippen molar-refractivity contribution in [2.24, 2.45) is 0 Å². The zero-order valence-electron chi connectivity index (χ0n) is 20.9. The normalized spacial score (nSPS) is 13.4. The summed E-state index contributed by atoms with van der Waals surface area (Å²) in [7, 11) is -0.959. The van der Waals surface area contributed by atoms with Gasteiger partial charge in [-0.1, -0.05) is 18.2 Å². The molecule has 0 spiro atoms. The number of hydrogen-bond donors (Lipinski definition) is 2. The summed E-state index contributed by atoms with van der Waals surface area (Å²) in [5.41, 5.74) is 1.52. The van der Waals surface area contributed by atoms with E-state index in [-0.39, 0.29) is 40.8 Å². The number of carbonyl (C=O) groups is 3. The summed E-state index contributed by atoms with van der Waals surface area (Å²) in [6.45, 7) is 0.310. The number of carbonyl (C=O) groups excluding carboxylic acids is 3. The Hall–Kier alpha value is -4.38. The van der Waals surface area contributed by atoms with E-state index < -0.39 is 15.9 Å². The van der Waals surface area contributed by atoms with Crippen LogP contribution in [0.5, 0.6) is 11.5 Å². The summed E-state index contributed by atoms with van der Waals surface area (Å²) >= 11 is 0. The Kier molecular flexibility index (Phi) is 7.96. The molecule has 3 amide bonds. The van der Waals surface area contributed by atoms with E-state index in [2.05, 4.69) is 10.0 Å². The van der Waals surface area contributed by atoms with Crippen LogP contribution in [0, 0.1) is 0 Å². The lowest BCUT2D eigenvalue weighted by Crippen LogP contribution is -2.28. The molecule has 4 rings (SSSR count). The van der Waals surface area contributed by atoms with Crippen LogP contribution < -0.4 is 24.4 Å². The van der Waals surface area contributed by atoms with Gasteiger partial charge >= 0.3 is 0 Å². The SMILES string of the molecule is COc1ccc(CCNC(=O)c2ccccc2NS(=O)(=O)c2ccc(N3C(=O)CCC3=O)cc2)cc1OC. The number of rotatable bonds is 10. The van der Waals surface area contributed by atoms with Crippen molar-refractivity contribution in [1.82, 2.24) is 5.32 Å². The molecule has 0 aliphatic carbocycles. The van der Waals surface area contributed by atoms with E-state index in [4.69, 9.17) is 9.47 Å². The van der Waals surface area contributed by atoms with Gasteiger partial charge in [0.2, 0.25) is 11.8 Å². The Morgan fingerprint density at radius 1 is 0.895 bits per heavy atom. The fraction of sp³-hybridized carbons (Fsp3) is 0.222. The molecule has 0 atom stereocenters. The molecular weight excluding hydrogens is 510 g/mol. The lowest BCUT2D eigenvalue weighted by Gasteiger charge is -2.15. The average molecular weight is 538 g/mol. The molecule has 2 N–H and O–H groups in total. The number of nitrogens with one attached hydrogen (secondary N) is 2. The van der Waals surface area contributed by atoms with E-state index in [0.717, 1.165) is 10.5 Å². The van der Waals surface area contributed by atoms with Crippen LogP contribution >= 0.6 is 0 Å². The van der Waals surface area contributed by atoms with Gasteiger partial charge in [-0.25, -0.2) is 8.42 Å². The lowest BCUT2D eigenvalue weighted by atomic mass is 10.1. The standard InChI is InChI=1S/C27H27N3O7S/c1-36-23-12-7-18(17-24(23)37-2)15-16-28-27(33)21-5-3-4-6-22(21)29-38(34,35)20-10-8-19(9-11-20)30-25(31)13-14-26(30)32/h3-12,17,29H,13-16H2,1-2H3,(H,28,33). The van der Waals surface area contributed by atoms with Crippen molar-refractivity contribution in [3.8, 4) is 11.5 Å². The number of nitrogens with zero attached hydrogens (tertiary/aromatic N) is 1. The number of imide groups is 1. The van der Waals surface area contributed by atoms with Gasteiger partial charge in [0.25, 0.3) is 15.9 Å². The van der Waals surface area contributed by atoms with Crippen LogP contribution in [0.3, 0.4) is 0 Å². The molecule has 1 saturated heterocycles. The first kappa shape index (κ1) is 26.7. The Morgan fingerprint density at radius 2 is 1.55 bits per heavy atom. The molecule has 0 bridgehead atoms. The maximum absolute atomic E-state index is 13.0. The number of amides is 3. The monoisotopic (exact) mass is 537 g/mol. The Labute approximate surface area is 220 Å². The van der Waals surface area contributed by atoms with Crippen LogP contribution in [-0.2, 0) is 26.0 Å². The zero-order valence-corrected chi connectivity index (χ0v) is 21.7. The maximum atomic E-state index is 13.0. The van der Waals surface area contributed by atoms with E-state index in [9.17, 15) is 22.8 Å². The first-order valence-electron chi connectivity index (χ1n) is 11.8. The van der Waals surface area contributed by atoms with Crippen molar-refractivity contribution >= 4 is 39.1 Å². The van der Waals surface area contributed by atoms with Crippen LogP contribution in [-0.4, -0.2) is 46.9 Å². The molecule has 0 aromatic heterocycles.